The first-order chi connectivity index (χ1) is 7.74. The van der Waals surface area contributed by atoms with Gasteiger partial charge in [-0.25, -0.2) is 4.79 Å². The van der Waals surface area contributed by atoms with Gasteiger partial charge in [0, 0.05) is 6.07 Å². The van der Waals surface area contributed by atoms with Crippen molar-refractivity contribution in [1.82, 2.24) is 4.98 Å². The van der Waals surface area contributed by atoms with Gasteiger partial charge in [0.2, 0.25) is 11.8 Å². The van der Waals surface area contributed by atoms with E-state index in [2.05, 4.69) is 14.5 Å². The fourth-order valence-electron chi connectivity index (χ4n) is 0.945. The summed E-state index contributed by atoms with van der Waals surface area (Å²) in [6.45, 7) is 0. The maximum absolute atomic E-state index is 12.0. The Hall–Kier alpha value is -1.26. The van der Waals surface area contributed by atoms with Crippen LogP contribution < -0.4 is 9.47 Å². The second-order valence-corrected chi connectivity index (χ2v) is 3.76. The minimum absolute atomic E-state index is 0.0899. The molecule has 0 aromatic carbocycles. The van der Waals surface area contributed by atoms with Gasteiger partial charge >= 0.3 is 12.3 Å². The van der Waals surface area contributed by atoms with Crippen LogP contribution in [0, 0.1) is 3.57 Å². The summed E-state index contributed by atoms with van der Waals surface area (Å²) in [5.74, 6) is -2.53. The van der Waals surface area contributed by atoms with Crippen LogP contribution in [0.2, 0.25) is 0 Å². The first-order valence-electron chi connectivity index (χ1n) is 3.98. The molecule has 1 N–H and O–H groups in total. The molecule has 5 nitrogen and oxygen atoms in total. The number of ether oxygens (including phenoxy) is 2. The maximum Gasteiger partial charge on any atom is 0.574 e. The lowest BCUT2D eigenvalue weighted by molar-refractivity contribution is -0.276. The molecule has 0 radical (unpaired) electrons. The summed E-state index contributed by atoms with van der Waals surface area (Å²) in [6, 6.07) is 0.681. The molecule has 0 aliphatic carbocycles. The van der Waals surface area contributed by atoms with E-state index in [-0.39, 0.29) is 15.0 Å². The molecule has 0 saturated carbocycles. The SMILES string of the molecule is COc1nc(OC(F)(F)F)cc(C(=O)O)c1I. The minimum atomic E-state index is -4.94. The van der Waals surface area contributed by atoms with Gasteiger partial charge < -0.3 is 14.6 Å². The molecular weight excluding hydrogens is 358 g/mol. The average molecular weight is 363 g/mol. The first-order valence-corrected chi connectivity index (χ1v) is 5.06. The lowest BCUT2D eigenvalue weighted by Gasteiger charge is -2.11. The largest absolute Gasteiger partial charge is 0.574 e. The van der Waals surface area contributed by atoms with Crippen molar-refractivity contribution in [2.75, 3.05) is 7.11 Å². The van der Waals surface area contributed by atoms with Crippen LogP contribution in [0.5, 0.6) is 11.8 Å². The van der Waals surface area contributed by atoms with Gasteiger partial charge in [-0.2, -0.15) is 4.98 Å². The summed E-state index contributed by atoms with van der Waals surface area (Å²) in [7, 11) is 1.16. The van der Waals surface area contributed by atoms with Crippen LogP contribution in [-0.4, -0.2) is 29.5 Å². The molecule has 0 bridgehead atoms. The molecule has 0 aliphatic heterocycles. The van der Waals surface area contributed by atoms with Crippen molar-refractivity contribution in [2.24, 2.45) is 0 Å². The maximum atomic E-state index is 12.0. The number of aromatic nitrogens is 1. The van der Waals surface area contributed by atoms with Crippen molar-refractivity contribution in [3.05, 3.63) is 15.2 Å². The Balaban J connectivity index is 3.25. The predicted molar refractivity (Wildman–Crippen MR) is 57.1 cm³/mol. The lowest BCUT2D eigenvalue weighted by Crippen LogP contribution is -2.19. The van der Waals surface area contributed by atoms with Crippen LogP contribution in [0.1, 0.15) is 10.4 Å². The summed E-state index contributed by atoms with van der Waals surface area (Å²) in [5, 5.41) is 8.78. The highest BCUT2D eigenvalue weighted by Gasteiger charge is 2.33. The third kappa shape index (κ3) is 3.61. The van der Waals surface area contributed by atoms with Crippen molar-refractivity contribution in [1.29, 1.82) is 0 Å². The molecular formula is C8H5F3INO4. The zero-order chi connectivity index (χ0) is 13.2. The number of rotatable bonds is 3. The summed E-state index contributed by atoms with van der Waals surface area (Å²) in [4.78, 5) is 14.2. The monoisotopic (exact) mass is 363 g/mol. The third-order valence-corrected chi connectivity index (χ3v) is 2.59. The molecule has 0 unspecified atom stereocenters. The van der Waals surface area contributed by atoms with Crippen LogP contribution in [0.3, 0.4) is 0 Å². The van der Waals surface area contributed by atoms with E-state index in [9.17, 15) is 18.0 Å². The van der Waals surface area contributed by atoms with Crippen molar-refractivity contribution in [3.8, 4) is 11.8 Å². The Kier molecular flexibility index (Phi) is 4.01. The van der Waals surface area contributed by atoms with Crippen molar-refractivity contribution in [3.63, 3.8) is 0 Å². The van der Waals surface area contributed by atoms with E-state index < -0.39 is 18.2 Å². The molecule has 9 heteroatoms. The Labute approximate surface area is 107 Å². The average Bonchev–Trinajstić information content (AvgIpc) is 2.17. The first kappa shape index (κ1) is 13.8. The van der Waals surface area contributed by atoms with E-state index in [4.69, 9.17) is 5.11 Å². The van der Waals surface area contributed by atoms with Crippen LogP contribution in [-0.2, 0) is 0 Å². The summed E-state index contributed by atoms with van der Waals surface area (Å²) in [6.07, 6.45) is -4.94. The van der Waals surface area contributed by atoms with Crippen LogP contribution >= 0.6 is 22.6 Å². The zero-order valence-electron chi connectivity index (χ0n) is 8.21. The smallest absolute Gasteiger partial charge is 0.480 e. The number of hydrogen-bond acceptors (Lipinski definition) is 4. The Morgan fingerprint density at radius 3 is 2.53 bits per heavy atom. The number of hydrogen-bond donors (Lipinski definition) is 1. The number of methoxy groups -OCH3 is 1. The van der Waals surface area contributed by atoms with E-state index in [1.807, 2.05) is 0 Å². The second-order valence-electron chi connectivity index (χ2n) is 2.68. The third-order valence-electron chi connectivity index (χ3n) is 1.55. The number of pyridine rings is 1. The fourth-order valence-corrected chi connectivity index (χ4v) is 1.67. The highest BCUT2D eigenvalue weighted by molar-refractivity contribution is 14.1. The van der Waals surface area contributed by atoms with E-state index in [0.717, 1.165) is 7.11 Å². The Morgan fingerprint density at radius 1 is 1.53 bits per heavy atom. The zero-order valence-corrected chi connectivity index (χ0v) is 10.4. The highest BCUT2D eigenvalue weighted by atomic mass is 127. The van der Waals surface area contributed by atoms with Gasteiger partial charge in [-0.05, 0) is 22.6 Å². The van der Waals surface area contributed by atoms with E-state index in [1.165, 1.54) is 0 Å². The molecule has 1 aromatic heterocycles. The van der Waals surface area contributed by atoms with Gasteiger partial charge in [0.25, 0.3) is 0 Å². The molecule has 17 heavy (non-hydrogen) atoms. The number of alkyl halides is 3. The van der Waals surface area contributed by atoms with Gasteiger partial charge in [0.1, 0.15) is 0 Å². The van der Waals surface area contributed by atoms with Gasteiger partial charge in [-0.1, -0.05) is 0 Å². The van der Waals surface area contributed by atoms with Gasteiger partial charge in [-0.15, -0.1) is 13.2 Å². The quantitative estimate of drug-likeness (QED) is 0.835. The topological polar surface area (TPSA) is 68.7 Å². The number of carbonyl (C=O) groups is 1. The fraction of sp³-hybridized carbons (Fsp3) is 0.250. The predicted octanol–water partition coefficient (Wildman–Crippen LogP) is 2.29. The molecule has 0 fully saturated rings. The molecule has 0 atom stereocenters. The van der Waals surface area contributed by atoms with Crippen molar-refractivity contribution >= 4 is 28.6 Å². The Morgan fingerprint density at radius 2 is 2.12 bits per heavy atom. The summed E-state index contributed by atoms with van der Waals surface area (Å²) in [5.41, 5.74) is -0.378. The molecule has 0 saturated heterocycles. The lowest BCUT2D eigenvalue weighted by atomic mass is 10.2. The van der Waals surface area contributed by atoms with Crippen LogP contribution in [0.25, 0.3) is 0 Å². The molecule has 1 aromatic rings. The van der Waals surface area contributed by atoms with Crippen LogP contribution in [0.4, 0.5) is 13.2 Å². The van der Waals surface area contributed by atoms with Gasteiger partial charge in [0.15, 0.2) is 0 Å². The Bertz CT molecular complexity index is 449. The van der Waals surface area contributed by atoms with E-state index in [0.29, 0.717) is 6.07 Å². The highest BCUT2D eigenvalue weighted by Crippen LogP contribution is 2.29. The summed E-state index contributed by atoms with van der Waals surface area (Å²) >= 11 is 1.60. The van der Waals surface area contributed by atoms with E-state index >= 15 is 0 Å². The molecule has 0 aliphatic rings. The number of nitrogens with zero attached hydrogens (tertiary/aromatic N) is 1. The normalized spacial score (nSPS) is 11.1. The summed E-state index contributed by atoms with van der Waals surface area (Å²) < 4.78 is 44.2. The molecule has 94 valence electrons. The number of halogens is 4. The van der Waals surface area contributed by atoms with E-state index in [1.54, 1.807) is 22.6 Å². The molecule has 1 heterocycles. The minimum Gasteiger partial charge on any atom is -0.480 e. The van der Waals surface area contributed by atoms with Crippen molar-refractivity contribution < 1.29 is 32.5 Å². The number of aromatic carboxylic acids is 1. The number of carboxylic acids is 1. The van der Waals surface area contributed by atoms with Gasteiger partial charge in [0.05, 0.1) is 16.2 Å². The molecule has 0 spiro atoms. The standard InChI is InChI=1S/C8H5F3INO4/c1-16-6-5(12)3(7(14)15)2-4(13-6)17-8(9,10)11/h2H,1H3,(H,14,15). The van der Waals surface area contributed by atoms with Crippen molar-refractivity contribution in [2.45, 2.75) is 6.36 Å². The molecule has 1 rings (SSSR count). The molecule has 0 amide bonds. The number of carboxylic acid groups (broad SMARTS) is 1. The van der Waals surface area contributed by atoms with Gasteiger partial charge in [-0.3, -0.25) is 0 Å². The second kappa shape index (κ2) is 4.94. The van der Waals surface area contributed by atoms with Crippen LogP contribution in [0.15, 0.2) is 6.07 Å².